The van der Waals surface area contributed by atoms with Gasteiger partial charge in [-0.3, -0.25) is 10.2 Å². The molecule has 2 saturated heterocycles. The summed E-state index contributed by atoms with van der Waals surface area (Å²) < 4.78 is 0. The van der Waals surface area contributed by atoms with E-state index >= 15 is 0 Å². The van der Waals surface area contributed by atoms with Crippen molar-refractivity contribution in [2.45, 2.75) is 18.9 Å². The summed E-state index contributed by atoms with van der Waals surface area (Å²) in [4.78, 5) is 19.5. The van der Waals surface area contributed by atoms with Crippen LogP contribution in [0.3, 0.4) is 0 Å². The third-order valence-corrected chi connectivity index (χ3v) is 5.60. The molecule has 2 unspecified atom stereocenters. The van der Waals surface area contributed by atoms with E-state index in [9.17, 15) is 4.79 Å². The zero-order valence-electron chi connectivity index (χ0n) is 12.9. The average Bonchev–Trinajstić information content (AvgIpc) is 3.30. The highest BCUT2D eigenvalue weighted by molar-refractivity contribution is 8.18. The van der Waals surface area contributed by atoms with E-state index in [-0.39, 0.29) is 17.9 Å². The van der Waals surface area contributed by atoms with Gasteiger partial charge in [-0.05, 0) is 30.2 Å². The van der Waals surface area contributed by atoms with Gasteiger partial charge in [0.1, 0.15) is 0 Å². The molecule has 1 aromatic rings. The van der Waals surface area contributed by atoms with Crippen molar-refractivity contribution in [3.63, 3.8) is 0 Å². The van der Waals surface area contributed by atoms with Gasteiger partial charge in [0.15, 0.2) is 5.17 Å². The van der Waals surface area contributed by atoms with Crippen LogP contribution in [0.1, 0.15) is 24.4 Å². The summed E-state index contributed by atoms with van der Waals surface area (Å²) >= 11 is 1.53. The van der Waals surface area contributed by atoms with E-state index < -0.39 is 0 Å². The van der Waals surface area contributed by atoms with Crippen molar-refractivity contribution >= 4 is 22.8 Å². The van der Waals surface area contributed by atoms with Crippen LogP contribution in [-0.2, 0) is 4.79 Å². The Morgan fingerprint density at radius 1 is 1.22 bits per heavy atom. The standard InChI is InChI=1S/C17H20N4OS/c22-16-14(23-17(19-16)21-8-4-5-9-21)10-13-11-18-20-15(13)12-6-2-1-3-7-12/h1-3,6-7,10,13,15,18,20H,4-5,8-9,11H2/b14-10-. The number of benzene rings is 1. The molecule has 1 amide bonds. The Kier molecular flexibility index (Phi) is 4.20. The Hall–Kier alpha value is -1.63. The van der Waals surface area contributed by atoms with E-state index in [2.05, 4.69) is 39.0 Å². The second-order valence-electron chi connectivity index (χ2n) is 6.10. The Morgan fingerprint density at radius 3 is 2.78 bits per heavy atom. The van der Waals surface area contributed by atoms with Gasteiger partial charge in [0.25, 0.3) is 5.91 Å². The summed E-state index contributed by atoms with van der Waals surface area (Å²) in [5.41, 5.74) is 7.76. The second kappa shape index (κ2) is 6.47. The number of thioether (sulfide) groups is 1. The van der Waals surface area contributed by atoms with Crippen molar-refractivity contribution in [2.75, 3.05) is 19.6 Å². The number of carbonyl (C=O) groups is 1. The summed E-state index contributed by atoms with van der Waals surface area (Å²) in [7, 11) is 0. The molecule has 0 saturated carbocycles. The summed E-state index contributed by atoms with van der Waals surface area (Å²) in [6.45, 7) is 2.85. The number of carbonyl (C=O) groups excluding carboxylic acids is 1. The van der Waals surface area contributed by atoms with E-state index in [1.54, 1.807) is 0 Å². The fourth-order valence-electron chi connectivity index (χ4n) is 3.31. The Labute approximate surface area is 140 Å². The number of amides is 1. The van der Waals surface area contributed by atoms with Gasteiger partial charge in [-0.2, -0.15) is 4.99 Å². The molecule has 120 valence electrons. The number of hydrogen-bond donors (Lipinski definition) is 2. The number of likely N-dealkylation sites (tertiary alicyclic amines) is 1. The molecule has 0 radical (unpaired) electrons. The molecule has 1 aromatic carbocycles. The highest BCUT2D eigenvalue weighted by Crippen LogP contribution is 2.34. The van der Waals surface area contributed by atoms with Crippen LogP contribution >= 0.6 is 11.8 Å². The normalized spacial score (nSPS) is 29.6. The molecule has 2 fully saturated rings. The van der Waals surface area contributed by atoms with Gasteiger partial charge in [0.05, 0.1) is 10.9 Å². The van der Waals surface area contributed by atoms with Crippen LogP contribution in [0.2, 0.25) is 0 Å². The van der Waals surface area contributed by atoms with Gasteiger partial charge in [0.2, 0.25) is 0 Å². The summed E-state index contributed by atoms with van der Waals surface area (Å²) in [5, 5.41) is 0.883. The Bertz CT molecular complexity index is 652. The zero-order chi connectivity index (χ0) is 15.6. The van der Waals surface area contributed by atoms with Crippen molar-refractivity contribution in [3.8, 4) is 0 Å². The molecular weight excluding hydrogens is 308 g/mol. The fourth-order valence-corrected chi connectivity index (χ4v) is 4.32. The van der Waals surface area contributed by atoms with Crippen LogP contribution in [0.25, 0.3) is 0 Å². The number of aliphatic imine (C=N–C) groups is 1. The first-order chi connectivity index (χ1) is 11.3. The minimum Gasteiger partial charge on any atom is -0.351 e. The number of nitrogens with zero attached hydrogens (tertiary/aromatic N) is 2. The number of hydrazine groups is 1. The van der Waals surface area contributed by atoms with E-state index in [1.807, 2.05) is 18.2 Å². The van der Waals surface area contributed by atoms with Crippen LogP contribution in [-0.4, -0.2) is 35.6 Å². The molecule has 0 aromatic heterocycles. The van der Waals surface area contributed by atoms with Gasteiger partial charge in [-0.15, -0.1) is 0 Å². The van der Waals surface area contributed by atoms with Crippen LogP contribution in [0, 0.1) is 5.92 Å². The molecule has 3 aliphatic heterocycles. The molecular formula is C17H20N4OS. The summed E-state index contributed by atoms with van der Waals surface area (Å²) in [6, 6.07) is 10.5. The lowest BCUT2D eigenvalue weighted by Gasteiger charge is -2.17. The monoisotopic (exact) mass is 328 g/mol. The number of nitrogens with one attached hydrogen (secondary N) is 2. The summed E-state index contributed by atoms with van der Waals surface area (Å²) in [6.07, 6.45) is 4.48. The van der Waals surface area contributed by atoms with Crippen molar-refractivity contribution in [1.82, 2.24) is 15.8 Å². The second-order valence-corrected chi connectivity index (χ2v) is 7.11. The lowest BCUT2D eigenvalue weighted by molar-refractivity contribution is -0.113. The van der Waals surface area contributed by atoms with Gasteiger partial charge in [0, 0.05) is 25.6 Å². The third-order valence-electron chi connectivity index (χ3n) is 4.53. The number of rotatable bonds is 2. The van der Waals surface area contributed by atoms with Crippen molar-refractivity contribution in [2.24, 2.45) is 10.9 Å². The smallest absolute Gasteiger partial charge is 0.285 e. The molecule has 3 heterocycles. The molecule has 2 N–H and O–H groups in total. The lowest BCUT2D eigenvalue weighted by Crippen LogP contribution is -2.24. The summed E-state index contributed by atoms with van der Waals surface area (Å²) in [5.74, 6) is 0.160. The maximum atomic E-state index is 12.2. The van der Waals surface area contributed by atoms with Crippen LogP contribution in [0.4, 0.5) is 0 Å². The van der Waals surface area contributed by atoms with Crippen LogP contribution < -0.4 is 10.9 Å². The highest BCUT2D eigenvalue weighted by Gasteiger charge is 2.32. The molecule has 3 aliphatic rings. The largest absolute Gasteiger partial charge is 0.351 e. The van der Waals surface area contributed by atoms with E-state index in [1.165, 1.54) is 30.2 Å². The maximum Gasteiger partial charge on any atom is 0.285 e. The molecule has 5 nitrogen and oxygen atoms in total. The predicted octanol–water partition coefficient (Wildman–Crippen LogP) is 2.06. The van der Waals surface area contributed by atoms with Crippen molar-refractivity contribution in [3.05, 3.63) is 46.9 Å². The molecule has 2 atom stereocenters. The number of amidine groups is 1. The van der Waals surface area contributed by atoms with Gasteiger partial charge < -0.3 is 4.90 Å². The first-order valence-corrected chi connectivity index (χ1v) is 8.94. The van der Waals surface area contributed by atoms with Crippen molar-refractivity contribution in [1.29, 1.82) is 0 Å². The highest BCUT2D eigenvalue weighted by atomic mass is 32.2. The van der Waals surface area contributed by atoms with Crippen molar-refractivity contribution < 1.29 is 4.79 Å². The molecule has 0 aliphatic carbocycles. The minimum absolute atomic E-state index is 0.0874. The third kappa shape index (κ3) is 3.06. The van der Waals surface area contributed by atoms with E-state index in [0.29, 0.717) is 0 Å². The Morgan fingerprint density at radius 2 is 2.00 bits per heavy atom. The zero-order valence-corrected chi connectivity index (χ0v) is 13.7. The van der Waals surface area contributed by atoms with Gasteiger partial charge in [-0.25, -0.2) is 5.43 Å². The first kappa shape index (κ1) is 14.9. The molecule has 0 spiro atoms. The molecule has 23 heavy (non-hydrogen) atoms. The van der Waals surface area contributed by atoms with Crippen LogP contribution in [0.5, 0.6) is 0 Å². The van der Waals surface area contributed by atoms with Crippen LogP contribution in [0.15, 0.2) is 46.3 Å². The topological polar surface area (TPSA) is 56.7 Å². The lowest BCUT2D eigenvalue weighted by atomic mass is 9.94. The quantitative estimate of drug-likeness (QED) is 0.814. The first-order valence-electron chi connectivity index (χ1n) is 8.12. The molecule has 6 heteroatoms. The van der Waals surface area contributed by atoms with Gasteiger partial charge in [-0.1, -0.05) is 36.4 Å². The average molecular weight is 328 g/mol. The van der Waals surface area contributed by atoms with E-state index in [4.69, 9.17) is 0 Å². The van der Waals surface area contributed by atoms with E-state index in [0.717, 1.165) is 29.7 Å². The Balaban J connectivity index is 1.50. The van der Waals surface area contributed by atoms with Gasteiger partial charge >= 0.3 is 0 Å². The fraction of sp³-hybridized carbons (Fsp3) is 0.412. The predicted molar refractivity (Wildman–Crippen MR) is 92.7 cm³/mol. The number of hydrogen-bond acceptors (Lipinski definition) is 5. The molecule has 0 bridgehead atoms. The SMILES string of the molecule is O=C1N=C(N2CCCC2)S/C1=C\C1CNNC1c1ccccc1. The maximum absolute atomic E-state index is 12.2. The minimum atomic E-state index is -0.0874. The molecule has 4 rings (SSSR count).